The van der Waals surface area contributed by atoms with E-state index in [0.29, 0.717) is 27.2 Å². The van der Waals surface area contributed by atoms with E-state index in [-0.39, 0.29) is 0 Å². The van der Waals surface area contributed by atoms with Gasteiger partial charge in [0.15, 0.2) is 5.75 Å². The van der Waals surface area contributed by atoms with Gasteiger partial charge in [0.1, 0.15) is 5.75 Å². The third-order valence-corrected chi connectivity index (χ3v) is 5.15. The number of ether oxygens (including phenoxy) is 1. The molecule has 2 rings (SSSR count). The summed E-state index contributed by atoms with van der Waals surface area (Å²) in [5.41, 5.74) is 0.349. The number of nitrogens with one attached hydrogen (secondary N) is 1. The van der Waals surface area contributed by atoms with Crippen LogP contribution in [0.2, 0.25) is 10.0 Å². The van der Waals surface area contributed by atoms with Crippen molar-refractivity contribution in [2.75, 3.05) is 4.72 Å². The molecule has 1 N–H and O–H groups in total. The van der Waals surface area contributed by atoms with E-state index in [4.69, 9.17) is 27.9 Å². The molecule has 4 nitrogen and oxygen atoms in total. The monoisotopic (exact) mass is 359 g/mol. The molecule has 0 atom stereocenters. The molecule has 0 aromatic heterocycles. The highest BCUT2D eigenvalue weighted by Crippen LogP contribution is 2.35. The lowest BCUT2D eigenvalue weighted by Gasteiger charge is -2.15. The highest BCUT2D eigenvalue weighted by atomic mass is 35.5. The summed E-state index contributed by atoms with van der Waals surface area (Å²) in [6.07, 6.45) is 0. The number of rotatable bonds is 5. The van der Waals surface area contributed by atoms with Crippen molar-refractivity contribution in [2.45, 2.75) is 19.1 Å². The minimum Gasteiger partial charge on any atom is -0.454 e. The van der Waals surface area contributed by atoms with Gasteiger partial charge in [-0.3, -0.25) is 4.72 Å². The van der Waals surface area contributed by atoms with Gasteiger partial charge in [-0.05, 0) is 44.2 Å². The molecule has 0 amide bonds. The van der Waals surface area contributed by atoms with Gasteiger partial charge in [0.25, 0.3) is 0 Å². The number of para-hydroxylation sites is 2. The fraction of sp³-hybridized carbons (Fsp3) is 0.200. The van der Waals surface area contributed by atoms with E-state index in [1.165, 1.54) is 0 Å². The standard InChI is InChI=1S/C15H15Cl2NO3S/c1-10(2)22(19,20)18-13-5-3-4-6-15(13)21-14-8-7-11(16)9-12(14)17/h3-10,18H,1-2H3. The first kappa shape index (κ1) is 16.9. The molecule has 0 heterocycles. The van der Waals surface area contributed by atoms with Crippen molar-refractivity contribution in [3.8, 4) is 11.5 Å². The zero-order valence-corrected chi connectivity index (χ0v) is 14.3. The maximum Gasteiger partial charge on any atom is 0.235 e. The van der Waals surface area contributed by atoms with Crippen molar-refractivity contribution < 1.29 is 13.2 Å². The summed E-state index contributed by atoms with van der Waals surface area (Å²) in [7, 11) is -3.47. The summed E-state index contributed by atoms with van der Waals surface area (Å²) in [4.78, 5) is 0. The third-order valence-electron chi connectivity index (χ3n) is 2.87. The topological polar surface area (TPSA) is 55.4 Å². The van der Waals surface area contributed by atoms with E-state index < -0.39 is 15.3 Å². The molecule has 7 heteroatoms. The van der Waals surface area contributed by atoms with Gasteiger partial charge in [-0.2, -0.15) is 0 Å². The number of sulfonamides is 1. The number of hydrogen-bond acceptors (Lipinski definition) is 3. The number of hydrogen-bond donors (Lipinski definition) is 1. The second-order valence-electron chi connectivity index (χ2n) is 4.87. The zero-order chi connectivity index (χ0) is 16.3. The Morgan fingerprint density at radius 3 is 2.36 bits per heavy atom. The lowest BCUT2D eigenvalue weighted by molar-refractivity contribution is 0.485. The van der Waals surface area contributed by atoms with E-state index >= 15 is 0 Å². The Balaban J connectivity index is 2.33. The van der Waals surface area contributed by atoms with E-state index in [1.807, 2.05) is 0 Å². The van der Waals surface area contributed by atoms with Gasteiger partial charge < -0.3 is 4.74 Å². The highest BCUT2D eigenvalue weighted by molar-refractivity contribution is 7.93. The lowest BCUT2D eigenvalue weighted by Crippen LogP contribution is -2.22. The Kier molecular flexibility index (Phi) is 5.21. The van der Waals surface area contributed by atoms with Crippen molar-refractivity contribution >= 4 is 38.9 Å². The first-order valence-corrected chi connectivity index (χ1v) is 8.83. The predicted molar refractivity (Wildman–Crippen MR) is 90.7 cm³/mol. The SMILES string of the molecule is CC(C)S(=O)(=O)Nc1ccccc1Oc1ccc(Cl)cc1Cl. The highest BCUT2D eigenvalue weighted by Gasteiger charge is 2.18. The molecule has 0 aliphatic carbocycles. The smallest absolute Gasteiger partial charge is 0.235 e. The van der Waals surface area contributed by atoms with Crippen LogP contribution in [-0.4, -0.2) is 13.7 Å². The number of halogens is 2. The largest absolute Gasteiger partial charge is 0.454 e. The molecule has 0 unspecified atom stereocenters. The maximum atomic E-state index is 12.0. The normalized spacial score (nSPS) is 11.5. The zero-order valence-electron chi connectivity index (χ0n) is 12.0. The number of benzene rings is 2. The van der Waals surface area contributed by atoms with Gasteiger partial charge in [-0.15, -0.1) is 0 Å². The third kappa shape index (κ3) is 4.06. The Hall–Kier alpha value is -1.43. The Morgan fingerprint density at radius 1 is 1.05 bits per heavy atom. The first-order chi connectivity index (χ1) is 10.3. The van der Waals surface area contributed by atoms with Gasteiger partial charge in [0, 0.05) is 5.02 Å². The van der Waals surface area contributed by atoms with Gasteiger partial charge in [0.05, 0.1) is 16.0 Å². The van der Waals surface area contributed by atoms with Crippen molar-refractivity contribution in [1.29, 1.82) is 0 Å². The van der Waals surface area contributed by atoms with E-state index in [9.17, 15) is 8.42 Å². The van der Waals surface area contributed by atoms with Crippen LogP contribution in [0.5, 0.6) is 11.5 Å². The van der Waals surface area contributed by atoms with Crippen LogP contribution in [0.1, 0.15) is 13.8 Å². The van der Waals surface area contributed by atoms with Crippen molar-refractivity contribution in [3.63, 3.8) is 0 Å². The molecule has 0 fully saturated rings. The summed E-state index contributed by atoms with van der Waals surface area (Å²) in [5, 5.41) is 0.278. The van der Waals surface area contributed by atoms with Crippen LogP contribution in [0, 0.1) is 0 Å². The first-order valence-electron chi connectivity index (χ1n) is 6.53. The predicted octanol–water partition coefficient (Wildman–Crippen LogP) is 4.94. The van der Waals surface area contributed by atoms with Gasteiger partial charge in [-0.25, -0.2) is 8.42 Å². The fourth-order valence-corrected chi connectivity index (χ4v) is 2.75. The summed E-state index contributed by atoms with van der Waals surface area (Å²) < 4.78 is 32.2. The molecular weight excluding hydrogens is 345 g/mol. The molecule has 2 aromatic carbocycles. The van der Waals surface area contributed by atoms with E-state index in [1.54, 1.807) is 56.3 Å². The fourth-order valence-electron chi connectivity index (χ4n) is 1.59. The molecule has 0 aliphatic heterocycles. The molecule has 0 saturated carbocycles. The van der Waals surface area contributed by atoms with Crippen LogP contribution in [-0.2, 0) is 10.0 Å². The molecule has 0 bridgehead atoms. The van der Waals surface area contributed by atoms with E-state index in [2.05, 4.69) is 4.72 Å². The second-order valence-corrected chi connectivity index (χ2v) is 7.95. The van der Waals surface area contributed by atoms with Crippen molar-refractivity contribution in [2.24, 2.45) is 0 Å². The van der Waals surface area contributed by atoms with Crippen LogP contribution >= 0.6 is 23.2 Å². The quantitative estimate of drug-likeness (QED) is 0.822. The van der Waals surface area contributed by atoms with Crippen LogP contribution in [0.4, 0.5) is 5.69 Å². The van der Waals surface area contributed by atoms with Crippen molar-refractivity contribution in [3.05, 3.63) is 52.5 Å². The molecule has 22 heavy (non-hydrogen) atoms. The minimum absolute atomic E-state index is 0.342. The summed E-state index contributed by atoms with van der Waals surface area (Å²) >= 11 is 11.9. The Bertz CT molecular complexity index is 776. The van der Waals surface area contributed by atoms with Gasteiger partial charge in [-0.1, -0.05) is 35.3 Å². The van der Waals surface area contributed by atoms with Crippen LogP contribution in [0.3, 0.4) is 0 Å². The molecule has 0 spiro atoms. The summed E-state index contributed by atoms with van der Waals surface area (Å²) in [5.74, 6) is 0.748. The van der Waals surface area contributed by atoms with Crippen LogP contribution in [0.25, 0.3) is 0 Å². The average Bonchev–Trinajstić information content (AvgIpc) is 2.43. The average molecular weight is 360 g/mol. The van der Waals surface area contributed by atoms with Gasteiger partial charge >= 0.3 is 0 Å². The number of anilines is 1. The summed E-state index contributed by atoms with van der Waals surface area (Å²) in [6, 6.07) is 11.6. The van der Waals surface area contributed by atoms with Crippen LogP contribution in [0.15, 0.2) is 42.5 Å². The van der Waals surface area contributed by atoms with Gasteiger partial charge in [0.2, 0.25) is 10.0 Å². The lowest BCUT2D eigenvalue weighted by atomic mass is 10.3. The van der Waals surface area contributed by atoms with Crippen molar-refractivity contribution in [1.82, 2.24) is 0 Å². The Morgan fingerprint density at radius 2 is 1.73 bits per heavy atom. The molecule has 2 aromatic rings. The molecule has 0 aliphatic rings. The van der Waals surface area contributed by atoms with Crippen LogP contribution < -0.4 is 9.46 Å². The van der Waals surface area contributed by atoms with E-state index in [0.717, 1.165) is 0 Å². The minimum atomic E-state index is -3.47. The molecule has 118 valence electrons. The second kappa shape index (κ2) is 6.77. The molecule has 0 saturated heterocycles. The Labute approximate surface area is 140 Å². The maximum absolute atomic E-state index is 12.0. The summed E-state index contributed by atoms with van der Waals surface area (Å²) in [6.45, 7) is 3.20. The molecule has 0 radical (unpaired) electrons. The molecular formula is C15H15Cl2NO3S.